The number of nitrogens with zero attached hydrogens (tertiary/aromatic N) is 4. The Kier molecular flexibility index (Phi) is 6.92. The van der Waals surface area contributed by atoms with Crippen LogP contribution in [0.5, 0.6) is 0 Å². The van der Waals surface area contributed by atoms with E-state index in [4.69, 9.17) is 14.5 Å². The van der Waals surface area contributed by atoms with Gasteiger partial charge in [-0.25, -0.2) is 15.0 Å². The first-order valence-electron chi connectivity index (χ1n) is 11.5. The number of fused-ring (bicyclic) bond motifs is 1. The van der Waals surface area contributed by atoms with Crippen molar-refractivity contribution in [3.05, 3.63) is 35.9 Å². The van der Waals surface area contributed by atoms with Gasteiger partial charge >= 0.3 is 0 Å². The van der Waals surface area contributed by atoms with E-state index in [1.165, 1.54) is 0 Å². The normalized spacial score (nSPS) is 15.4. The van der Waals surface area contributed by atoms with Gasteiger partial charge in [0, 0.05) is 57.3 Å². The topological polar surface area (TPSA) is 74.1 Å². The number of rotatable bonds is 8. The van der Waals surface area contributed by atoms with Gasteiger partial charge in [0.2, 0.25) is 0 Å². The lowest BCUT2D eigenvalue weighted by molar-refractivity contribution is 0.0903. The molecule has 0 radical (unpaired) electrons. The highest BCUT2D eigenvalue weighted by Crippen LogP contribution is 2.29. The number of hydrogen-bond donors (Lipinski definition) is 1. The zero-order valence-corrected chi connectivity index (χ0v) is 20.9. The number of ether oxygens (including phenoxy) is 2. The summed E-state index contributed by atoms with van der Waals surface area (Å²) in [7, 11) is -1.14. The molecule has 8 heteroatoms. The van der Waals surface area contributed by atoms with Gasteiger partial charge < -0.3 is 19.4 Å². The predicted octanol–water partition coefficient (Wildman–Crippen LogP) is 5.01. The molecule has 0 bridgehead atoms. The third kappa shape index (κ3) is 5.73. The zero-order valence-electron chi connectivity index (χ0n) is 19.9. The van der Waals surface area contributed by atoms with Crippen LogP contribution < -0.4 is 5.32 Å². The van der Waals surface area contributed by atoms with Crippen molar-refractivity contribution in [2.75, 3.05) is 25.1 Å². The van der Waals surface area contributed by atoms with Gasteiger partial charge in [0.1, 0.15) is 18.4 Å². The fourth-order valence-electron chi connectivity index (χ4n) is 4.02. The zero-order chi connectivity index (χ0) is 22.7. The van der Waals surface area contributed by atoms with Gasteiger partial charge in [-0.15, -0.1) is 0 Å². The third-order valence-corrected chi connectivity index (χ3v) is 7.51. The Labute approximate surface area is 191 Å². The summed E-state index contributed by atoms with van der Waals surface area (Å²) in [5, 5.41) is 4.67. The maximum absolute atomic E-state index is 6.17. The Morgan fingerprint density at radius 2 is 1.91 bits per heavy atom. The van der Waals surface area contributed by atoms with Crippen LogP contribution in [0.3, 0.4) is 0 Å². The molecule has 32 heavy (non-hydrogen) atoms. The van der Waals surface area contributed by atoms with E-state index in [9.17, 15) is 0 Å². The SMILES string of the molecule is Cc1cc(-c2cc3cnc(NC4CCOCC4)cc3n2COCC[Si](C)(C)C)nc(C)n1. The van der Waals surface area contributed by atoms with Crippen molar-refractivity contribution in [3.63, 3.8) is 0 Å². The van der Waals surface area contributed by atoms with Crippen molar-refractivity contribution < 1.29 is 9.47 Å². The summed E-state index contributed by atoms with van der Waals surface area (Å²) in [6.07, 6.45) is 3.95. The second-order valence-electron chi connectivity index (χ2n) is 9.91. The van der Waals surface area contributed by atoms with Gasteiger partial charge in [0.15, 0.2) is 0 Å². The van der Waals surface area contributed by atoms with Gasteiger partial charge in [-0.2, -0.15) is 0 Å². The highest BCUT2D eigenvalue weighted by atomic mass is 28.3. The summed E-state index contributed by atoms with van der Waals surface area (Å²) in [6.45, 7) is 13.9. The van der Waals surface area contributed by atoms with E-state index < -0.39 is 8.07 Å². The summed E-state index contributed by atoms with van der Waals surface area (Å²) in [5.74, 6) is 1.67. The summed E-state index contributed by atoms with van der Waals surface area (Å²) in [5.41, 5.74) is 4.01. The van der Waals surface area contributed by atoms with Crippen LogP contribution in [0, 0.1) is 13.8 Å². The Morgan fingerprint density at radius 3 is 2.62 bits per heavy atom. The molecule has 4 rings (SSSR count). The quantitative estimate of drug-likeness (QED) is 0.382. The molecule has 1 saturated heterocycles. The third-order valence-electron chi connectivity index (χ3n) is 5.80. The van der Waals surface area contributed by atoms with Crippen molar-refractivity contribution in [1.82, 2.24) is 19.5 Å². The molecule has 7 nitrogen and oxygen atoms in total. The highest BCUT2D eigenvalue weighted by Gasteiger charge is 2.18. The average Bonchev–Trinajstić information content (AvgIpc) is 3.08. The average molecular weight is 454 g/mol. The molecule has 3 aromatic rings. The van der Waals surface area contributed by atoms with Gasteiger partial charge in [0.25, 0.3) is 0 Å². The minimum absolute atomic E-state index is 0.400. The molecule has 1 N–H and O–H groups in total. The Morgan fingerprint density at radius 1 is 1.12 bits per heavy atom. The van der Waals surface area contributed by atoms with Crippen molar-refractivity contribution >= 4 is 24.8 Å². The standard InChI is InChI=1S/C24H35N5O2Si/c1-17-12-21(27-18(2)26-17)23-13-19-15-25-24(28-20-6-8-30-9-7-20)14-22(19)29(23)16-31-10-11-32(3,4)5/h12-15,20H,6-11,16H2,1-5H3,(H,25,28). The first kappa shape index (κ1) is 22.9. The first-order valence-corrected chi connectivity index (χ1v) is 15.2. The van der Waals surface area contributed by atoms with Crippen molar-refractivity contribution in [2.24, 2.45) is 0 Å². The minimum atomic E-state index is -1.14. The van der Waals surface area contributed by atoms with Crippen LogP contribution in [0.1, 0.15) is 24.4 Å². The first-order chi connectivity index (χ1) is 15.3. The summed E-state index contributed by atoms with van der Waals surface area (Å²) >= 11 is 0. The summed E-state index contributed by atoms with van der Waals surface area (Å²) < 4.78 is 13.9. The number of anilines is 1. The predicted molar refractivity (Wildman–Crippen MR) is 132 cm³/mol. The van der Waals surface area contributed by atoms with Crippen molar-refractivity contribution in [2.45, 2.75) is 65.1 Å². The maximum Gasteiger partial charge on any atom is 0.128 e. The lowest BCUT2D eigenvalue weighted by Crippen LogP contribution is -2.28. The minimum Gasteiger partial charge on any atom is -0.381 e. The van der Waals surface area contributed by atoms with Crippen LogP contribution in [0.25, 0.3) is 22.3 Å². The molecule has 1 aliphatic heterocycles. The van der Waals surface area contributed by atoms with Crippen LogP contribution in [-0.2, 0) is 16.2 Å². The van der Waals surface area contributed by atoms with Crippen LogP contribution in [0.4, 0.5) is 5.82 Å². The van der Waals surface area contributed by atoms with Gasteiger partial charge in [0.05, 0.1) is 16.9 Å². The van der Waals surface area contributed by atoms with E-state index in [1.807, 2.05) is 26.1 Å². The monoisotopic (exact) mass is 453 g/mol. The van der Waals surface area contributed by atoms with E-state index in [0.717, 1.165) is 78.3 Å². The second kappa shape index (κ2) is 9.68. The highest BCUT2D eigenvalue weighted by molar-refractivity contribution is 6.76. The molecule has 0 amide bonds. The van der Waals surface area contributed by atoms with Crippen LogP contribution in [0.2, 0.25) is 25.7 Å². The molecule has 172 valence electrons. The molecular weight excluding hydrogens is 418 g/mol. The molecule has 1 fully saturated rings. The smallest absolute Gasteiger partial charge is 0.128 e. The van der Waals surface area contributed by atoms with Crippen LogP contribution >= 0.6 is 0 Å². The number of hydrogen-bond acceptors (Lipinski definition) is 6. The van der Waals surface area contributed by atoms with E-state index in [0.29, 0.717) is 12.8 Å². The molecule has 0 spiro atoms. The van der Waals surface area contributed by atoms with Crippen molar-refractivity contribution in [1.29, 1.82) is 0 Å². The molecule has 0 atom stereocenters. The number of pyridine rings is 1. The van der Waals surface area contributed by atoms with E-state index in [1.54, 1.807) is 0 Å². The van der Waals surface area contributed by atoms with Crippen LogP contribution in [-0.4, -0.2) is 53.5 Å². The molecule has 3 aromatic heterocycles. The number of aryl methyl sites for hydroxylation is 2. The van der Waals surface area contributed by atoms with E-state index >= 15 is 0 Å². The fraction of sp³-hybridized carbons (Fsp3) is 0.542. The molecule has 0 aromatic carbocycles. The van der Waals surface area contributed by atoms with Gasteiger partial charge in [-0.05, 0) is 44.9 Å². The number of aromatic nitrogens is 4. The molecule has 4 heterocycles. The van der Waals surface area contributed by atoms with Gasteiger partial charge in [-0.1, -0.05) is 19.6 Å². The largest absolute Gasteiger partial charge is 0.381 e. The van der Waals surface area contributed by atoms with E-state index in [-0.39, 0.29) is 0 Å². The fourth-order valence-corrected chi connectivity index (χ4v) is 4.78. The summed E-state index contributed by atoms with van der Waals surface area (Å²) in [6, 6.07) is 7.87. The van der Waals surface area contributed by atoms with Crippen LogP contribution in [0.15, 0.2) is 24.4 Å². The van der Waals surface area contributed by atoms with Gasteiger partial charge in [-0.3, -0.25) is 0 Å². The number of nitrogens with one attached hydrogen (secondary N) is 1. The molecule has 0 saturated carbocycles. The lowest BCUT2D eigenvalue weighted by Gasteiger charge is -2.23. The molecule has 1 aliphatic rings. The Balaban J connectivity index is 1.67. The maximum atomic E-state index is 6.17. The molecule has 0 unspecified atom stereocenters. The Hall–Kier alpha value is -2.29. The van der Waals surface area contributed by atoms with Crippen molar-refractivity contribution in [3.8, 4) is 11.4 Å². The summed E-state index contributed by atoms with van der Waals surface area (Å²) in [4.78, 5) is 13.8. The second-order valence-corrected chi connectivity index (χ2v) is 15.5. The Bertz CT molecular complexity index is 1050. The van der Waals surface area contributed by atoms with E-state index in [2.05, 4.69) is 51.6 Å². The lowest BCUT2D eigenvalue weighted by atomic mass is 10.1. The molecular formula is C24H35N5O2Si. The molecule has 0 aliphatic carbocycles.